The number of amides is 1. The lowest BCUT2D eigenvalue weighted by atomic mass is 10.1. The van der Waals surface area contributed by atoms with E-state index in [1.807, 2.05) is 12.1 Å². The van der Waals surface area contributed by atoms with Crippen LogP contribution in [0.1, 0.15) is 40.2 Å². The van der Waals surface area contributed by atoms with Gasteiger partial charge in [0.15, 0.2) is 5.78 Å². The van der Waals surface area contributed by atoms with Gasteiger partial charge in [-0.1, -0.05) is 35.9 Å². The molecule has 1 amide bonds. The van der Waals surface area contributed by atoms with Gasteiger partial charge in [-0.15, -0.1) is 11.3 Å². The van der Waals surface area contributed by atoms with Gasteiger partial charge in [-0.3, -0.25) is 19.0 Å². The number of halogens is 1. The van der Waals surface area contributed by atoms with E-state index in [0.717, 1.165) is 20.6 Å². The van der Waals surface area contributed by atoms with Crippen LogP contribution in [0, 0.1) is 0 Å². The molecule has 0 atom stereocenters. The van der Waals surface area contributed by atoms with Gasteiger partial charge in [-0.2, -0.15) is 0 Å². The summed E-state index contributed by atoms with van der Waals surface area (Å²) in [4.78, 5) is 54.8. The molecule has 0 saturated heterocycles. The maximum atomic E-state index is 13.8. The predicted octanol–water partition coefficient (Wildman–Crippen LogP) is 4.02. The van der Waals surface area contributed by atoms with Crippen LogP contribution in [0.3, 0.4) is 0 Å². The molecule has 0 saturated carbocycles. The van der Waals surface area contributed by atoms with Crippen molar-refractivity contribution < 1.29 is 9.59 Å². The minimum Gasteiger partial charge on any atom is -0.337 e. The van der Waals surface area contributed by atoms with E-state index in [-0.39, 0.29) is 18.2 Å². The molecule has 2 aromatic carbocycles. The van der Waals surface area contributed by atoms with E-state index in [9.17, 15) is 19.2 Å². The quantitative estimate of drug-likeness (QED) is 0.391. The molecule has 0 bridgehead atoms. The summed E-state index contributed by atoms with van der Waals surface area (Å²) in [6.45, 7) is 4.15. The van der Waals surface area contributed by atoms with Crippen LogP contribution in [0.4, 0.5) is 0 Å². The normalized spacial score (nSPS) is 13.2. The largest absolute Gasteiger partial charge is 0.337 e. The van der Waals surface area contributed by atoms with Crippen LogP contribution in [0.2, 0.25) is 5.02 Å². The average molecular weight is 508 g/mol. The van der Waals surface area contributed by atoms with Crippen LogP contribution < -0.4 is 11.2 Å². The van der Waals surface area contributed by atoms with Gasteiger partial charge in [-0.25, -0.2) is 9.36 Å². The Kier molecular flexibility index (Phi) is 5.94. The van der Waals surface area contributed by atoms with Gasteiger partial charge in [-0.05, 0) is 48.7 Å². The van der Waals surface area contributed by atoms with E-state index < -0.39 is 11.2 Å². The van der Waals surface area contributed by atoms with Crippen molar-refractivity contribution in [2.75, 3.05) is 6.54 Å². The Morgan fingerprint density at radius 2 is 1.80 bits per heavy atom. The van der Waals surface area contributed by atoms with Crippen LogP contribution in [0.25, 0.3) is 15.9 Å². The molecule has 3 heterocycles. The van der Waals surface area contributed by atoms with Crippen LogP contribution in [-0.2, 0) is 24.3 Å². The Morgan fingerprint density at radius 3 is 2.49 bits per heavy atom. The number of ketones is 1. The fourth-order valence-electron chi connectivity index (χ4n) is 4.48. The zero-order chi connectivity index (χ0) is 24.9. The molecule has 178 valence electrons. The average Bonchev–Trinajstić information content (AvgIpc) is 3.22. The summed E-state index contributed by atoms with van der Waals surface area (Å²) >= 11 is 7.43. The number of carbonyl (C=O) groups excluding carboxylic acids is 2. The number of nitrogens with zero attached hydrogens (tertiary/aromatic N) is 3. The second kappa shape index (κ2) is 8.94. The van der Waals surface area contributed by atoms with Gasteiger partial charge in [0.2, 0.25) is 5.91 Å². The lowest BCUT2D eigenvalue weighted by molar-refractivity contribution is -0.129. The number of carbonyl (C=O) groups is 2. The van der Waals surface area contributed by atoms with Gasteiger partial charge in [0.25, 0.3) is 5.56 Å². The molecular weight excluding hydrogens is 486 g/mol. The fourth-order valence-corrected chi connectivity index (χ4v) is 5.95. The molecule has 9 heteroatoms. The van der Waals surface area contributed by atoms with Gasteiger partial charge >= 0.3 is 5.69 Å². The Hall–Kier alpha value is -3.49. The first-order chi connectivity index (χ1) is 16.7. The second-order valence-electron chi connectivity index (χ2n) is 8.62. The molecule has 0 radical (unpaired) electrons. The minimum absolute atomic E-state index is 0.0230. The van der Waals surface area contributed by atoms with E-state index in [0.29, 0.717) is 46.0 Å². The molecule has 4 aromatic rings. The Morgan fingerprint density at radius 1 is 1.06 bits per heavy atom. The van der Waals surface area contributed by atoms with Crippen molar-refractivity contribution in [2.45, 2.75) is 33.4 Å². The molecule has 0 N–H and O–H groups in total. The fraction of sp³-hybridized carbons (Fsp3) is 0.231. The van der Waals surface area contributed by atoms with Crippen LogP contribution in [-0.4, -0.2) is 32.3 Å². The van der Waals surface area contributed by atoms with E-state index >= 15 is 0 Å². The van der Waals surface area contributed by atoms with Crippen molar-refractivity contribution in [2.24, 2.45) is 0 Å². The topological polar surface area (TPSA) is 81.4 Å². The van der Waals surface area contributed by atoms with Crippen molar-refractivity contribution in [3.63, 3.8) is 0 Å². The summed E-state index contributed by atoms with van der Waals surface area (Å²) in [5, 5.41) is 1.09. The lowest BCUT2D eigenvalue weighted by Gasteiger charge is -2.25. The summed E-state index contributed by atoms with van der Waals surface area (Å²) in [5.41, 5.74) is 1.61. The van der Waals surface area contributed by atoms with E-state index in [4.69, 9.17) is 11.6 Å². The summed E-state index contributed by atoms with van der Waals surface area (Å²) in [7, 11) is 0. The Balaban J connectivity index is 1.79. The number of benzene rings is 2. The molecule has 1 aliphatic rings. The number of aromatic nitrogens is 2. The molecule has 0 fully saturated rings. The molecule has 5 rings (SSSR count). The van der Waals surface area contributed by atoms with Crippen molar-refractivity contribution in [3.8, 4) is 5.69 Å². The van der Waals surface area contributed by atoms with Crippen LogP contribution in [0.5, 0.6) is 0 Å². The number of hydrogen-bond donors (Lipinski definition) is 0. The lowest BCUT2D eigenvalue weighted by Crippen LogP contribution is -2.39. The first-order valence-electron chi connectivity index (χ1n) is 11.2. The van der Waals surface area contributed by atoms with Gasteiger partial charge in [0.1, 0.15) is 4.83 Å². The summed E-state index contributed by atoms with van der Waals surface area (Å²) in [5.74, 6) is -0.176. The monoisotopic (exact) mass is 507 g/mol. The van der Waals surface area contributed by atoms with Crippen molar-refractivity contribution in [3.05, 3.63) is 96.0 Å². The van der Waals surface area contributed by atoms with Gasteiger partial charge < -0.3 is 4.90 Å². The summed E-state index contributed by atoms with van der Waals surface area (Å²) < 4.78 is 2.75. The third-order valence-corrected chi connectivity index (χ3v) is 7.82. The Bertz CT molecular complexity index is 1610. The predicted molar refractivity (Wildman–Crippen MR) is 137 cm³/mol. The van der Waals surface area contributed by atoms with E-state index in [1.165, 1.54) is 25.2 Å². The third kappa shape index (κ3) is 4.13. The first-order valence-corrected chi connectivity index (χ1v) is 12.4. The number of fused-ring (bicyclic) bond motifs is 3. The van der Waals surface area contributed by atoms with E-state index in [1.54, 1.807) is 45.9 Å². The summed E-state index contributed by atoms with van der Waals surface area (Å²) in [6.07, 6.45) is 0.538. The molecule has 0 spiro atoms. The Labute approximate surface area is 209 Å². The zero-order valence-electron chi connectivity index (χ0n) is 19.2. The molecule has 0 unspecified atom stereocenters. The van der Waals surface area contributed by atoms with Crippen molar-refractivity contribution >= 4 is 44.8 Å². The second-order valence-corrected chi connectivity index (χ2v) is 10.1. The maximum Gasteiger partial charge on any atom is 0.337 e. The zero-order valence-corrected chi connectivity index (χ0v) is 20.8. The van der Waals surface area contributed by atoms with Crippen molar-refractivity contribution in [1.82, 2.24) is 14.0 Å². The highest BCUT2D eigenvalue weighted by atomic mass is 35.5. The van der Waals surface area contributed by atoms with Gasteiger partial charge in [0, 0.05) is 28.9 Å². The van der Waals surface area contributed by atoms with Crippen molar-refractivity contribution in [1.29, 1.82) is 0 Å². The smallest absolute Gasteiger partial charge is 0.337 e. The standard InChI is InChI=1S/C26H22ClN3O4S/c1-15(31)18-4-3-5-20(12-18)30-24(33)23-21-10-11-28(16(2)32)14-22(21)35-25(23)29(26(30)34)13-17-6-8-19(27)9-7-17/h3-9,12H,10-11,13-14H2,1-2H3. The van der Waals surface area contributed by atoms with Crippen LogP contribution >= 0.6 is 22.9 Å². The highest BCUT2D eigenvalue weighted by Crippen LogP contribution is 2.33. The molecule has 7 nitrogen and oxygen atoms in total. The maximum absolute atomic E-state index is 13.8. The van der Waals surface area contributed by atoms with Gasteiger partial charge in [0.05, 0.1) is 24.2 Å². The molecular formula is C26H22ClN3O4S. The highest BCUT2D eigenvalue weighted by molar-refractivity contribution is 7.18. The minimum atomic E-state index is -0.486. The molecule has 0 aliphatic carbocycles. The highest BCUT2D eigenvalue weighted by Gasteiger charge is 2.27. The van der Waals surface area contributed by atoms with Crippen LogP contribution in [0.15, 0.2) is 58.1 Å². The number of rotatable bonds is 4. The first kappa shape index (κ1) is 23.3. The molecule has 1 aliphatic heterocycles. The summed E-state index contributed by atoms with van der Waals surface area (Å²) in [6, 6.07) is 13.8. The molecule has 2 aromatic heterocycles. The third-order valence-electron chi connectivity index (χ3n) is 6.33. The number of thiophene rings is 1. The number of Topliss-reactive ketones (excluding diaryl/α,β-unsaturated/α-hetero) is 1. The molecule has 35 heavy (non-hydrogen) atoms. The SMILES string of the molecule is CC(=O)c1cccc(-n2c(=O)c3c4c(sc3n(Cc3ccc(Cl)cc3)c2=O)CN(C(C)=O)CC4)c1. The number of hydrogen-bond acceptors (Lipinski definition) is 5. The van der Waals surface area contributed by atoms with E-state index in [2.05, 4.69) is 0 Å².